The van der Waals surface area contributed by atoms with Gasteiger partial charge in [0.25, 0.3) is 0 Å². The van der Waals surface area contributed by atoms with Crippen LogP contribution in [-0.4, -0.2) is 11.1 Å². The molecule has 2 bridgehead atoms. The molecule has 4 rings (SSSR count). The molecule has 0 saturated heterocycles. The SMILES string of the molecule is OCc1cccc(CN[C@@H]2C[C@@H]3C[C@H]2[C@@H]2CCC[C@H]32)c1. The molecule has 0 aliphatic heterocycles. The first-order valence-corrected chi connectivity index (χ1v) is 8.27. The standard InChI is InChI=1S/C18H25NO/c20-11-13-4-1-3-12(7-13)10-19-18-9-14-8-17(18)16-6-2-5-15(14)16/h1,3-4,7,14-20H,2,5-6,8-11H2/t14-,15+,16+,17-,18+/m0/s1. The lowest BCUT2D eigenvalue weighted by Crippen LogP contribution is -2.38. The molecule has 0 radical (unpaired) electrons. The summed E-state index contributed by atoms with van der Waals surface area (Å²) in [5, 5.41) is 13.0. The van der Waals surface area contributed by atoms with Crippen molar-refractivity contribution in [2.24, 2.45) is 23.7 Å². The topological polar surface area (TPSA) is 32.3 Å². The minimum absolute atomic E-state index is 0.145. The first kappa shape index (κ1) is 12.8. The molecule has 1 aromatic carbocycles. The molecule has 2 heteroatoms. The Morgan fingerprint density at radius 1 is 1.05 bits per heavy atom. The minimum Gasteiger partial charge on any atom is -0.392 e. The Morgan fingerprint density at radius 3 is 2.80 bits per heavy atom. The lowest BCUT2D eigenvalue weighted by Gasteiger charge is -2.32. The van der Waals surface area contributed by atoms with Gasteiger partial charge in [-0.2, -0.15) is 0 Å². The Morgan fingerprint density at radius 2 is 1.90 bits per heavy atom. The predicted molar refractivity (Wildman–Crippen MR) is 80.0 cm³/mol. The third-order valence-electron chi connectivity index (χ3n) is 6.17. The summed E-state index contributed by atoms with van der Waals surface area (Å²) >= 11 is 0. The summed E-state index contributed by atoms with van der Waals surface area (Å²) < 4.78 is 0. The van der Waals surface area contributed by atoms with Crippen molar-refractivity contribution >= 4 is 0 Å². The van der Waals surface area contributed by atoms with Gasteiger partial charge in [-0.3, -0.25) is 0 Å². The molecule has 3 aliphatic carbocycles. The van der Waals surface area contributed by atoms with Gasteiger partial charge in [0.05, 0.1) is 6.61 Å². The van der Waals surface area contributed by atoms with Crippen molar-refractivity contribution in [3.05, 3.63) is 35.4 Å². The number of rotatable bonds is 4. The maximum Gasteiger partial charge on any atom is 0.0681 e. The molecule has 2 nitrogen and oxygen atoms in total. The first-order chi connectivity index (χ1) is 9.85. The molecule has 3 aliphatic rings. The molecule has 0 spiro atoms. The Balaban J connectivity index is 1.38. The minimum atomic E-state index is 0.145. The van der Waals surface area contributed by atoms with Crippen LogP contribution in [-0.2, 0) is 13.2 Å². The van der Waals surface area contributed by atoms with Crippen LogP contribution in [0, 0.1) is 23.7 Å². The van der Waals surface area contributed by atoms with Crippen molar-refractivity contribution in [3.63, 3.8) is 0 Å². The molecule has 0 unspecified atom stereocenters. The summed E-state index contributed by atoms with van der Waals surface area (Å²) in [6.45, 7) is 1.10. The van der Waals surface area contributed by atoms with Crippen molar-refractivity contribution < 1.29 is 5.11 Å². The number of aliphatic hydroxyl groups is 1. The summed E-state index contributed by atoms with van der Waals surface area (Å²) in [4.78, 5) is 0. The zero-order chi connectivity index (χ0) is 13.5. The van der Waals surface area contributed by atoms with E-state index in [4.69, 9.17) is 0 Å². The van der Waals surface area contributed by atoms with E-state index in [1.54, 1.807) is 0 Å². The van der Waals surface area contributed by atoms with E-state index in [0.29, 0.717) is 0 Å². The zero-order valence-corrected chi connectivity index (χ0v) is 12.1. The van der Waals surface area contributed by atoms with E-state index in [0.717, 1.165) is 41.8 Å². The molecular formula is C18H25NO. The van der Waals surface area contributed by atoms with Gasteiger partial charge in [-0.05, 0) is 60.5 Å². The largest absolute Gasteiger partial charge is 0.392 e. The summed E-state index contributed by atoms with van der Waals surface area (Å²) in [6.07, 6.45) is 7.38. The molecule has 2 N–H and O–H groups in total. The third kappa shape index (κ3) is 2.10. The predicted octanol–water partition coefficient (Wildman–Crippen LogP) is 3.09. The fourth-order valence-electron chi connectivity index (χ4n) is 5.39. The number of hydrogen-bond donors (Lipinski definition) is 2. The van der Waals surface area contributed by atoms with Crippen LogP contribution in [0.1, 0.15) is 43.2 Å². The second-order valence-electron chi connectivity index (χ2n) is 7.12. The van der Waals surface area contributed by atoms with Crippen LogP contribution in [0.3, 0.4) is 0 Å². The van der Waals surface area contributed by atoms with E-state index in [-0.39, 0.29) is 6.61 Å². The molecule has 1 aromatic rings. The van der Waals surface area contributed by atoms with Crippen molar-refractivity contribution in [3.8, 4) is 0 Å². The van der Waals surface area contributed by atoms with Gasteiger partial charge in [-0.15, -0.1) is 0 Å². The van der Waals surface area contributed by atoms with Crippen LogP contribution in [0.15, 0.2) is 24.3 Å². The van der Waals surface area contributed by atoms with Crippen LogP contribution in [0.4, 0.5) is 0 Å². The maximum atomic E-state index is 9.21. The van der Waals surface area contributed by atoms with Crippen LogP contribution in [0.25, 0.3) is 0 Å². The second kappa shape index (κ2) is 5.16. The summed E-state index contributed by atoms with van der Waals surface area (Å²) in [5.74, 6) is 4.09. The van der Waals surface area contributed by atoms with Crippen LogP contribution in [0.5, 0.6) is 0 Å². The van der Waals surface area contributed by atoms with Crippen molar-refractivity contribution in [1.82, 2.24) is 5.32 Å². The normalized spacial score (nSPS) is 38.4. The van der Waals surface area contributed by atoms with Crippen molar-refractivity contribution in [2.75, 3.05) is 0 Å². The Labute approximate surface area is 121 Å². The van der Waals surface area contributed by atoms with Gasteiger partial charge < -0.3 is 10.4 Å². The number of nitrogens with one attached hydrogen (secondary N) is 1. The quantitative estimate of drug-likeness (QED) is 0.882. The monoisotopic (exact) mass is 271 g/mol. The smallest absolute Gasteiger partial charge is 0.0681 e. The molecule has 3 saturated carbocycles. The number of aliphatic hydroxyl groups excluding tert-OH is 1. The average Bonchev–Trinajstić information content (AvgIpc) is 3.17. The molecular weight excluding hydrogens is 246 g/mol. The fraction of sp³-hybridized carbons (Fsp3) is 0.667. The summed E-state index contributed by atoms with van der Waals surface area (Å²) in [7, 11) is 0. The van der Waals surface area contributed by atoms with Gasteiger partial charge in [0.1, 0.15) is 0 Å². The van der Waals surface area contributed by atoms with E-state index in [9.17, 15) is 5.11 Å². The molecule has 5 atom stereocenters. The molecule has 108 valence electrons. The van der Waals surface area contributed by atoms with Crippen molar-refractivity contribution in [1.29, 1.82) is 0 Å². The Bertz CT molecular complexity index is 486. The Kier molecular flexibility index (Phi) is 3.31. The zero-order valence-electron chi connectivity index (χ0n) is 12.1. The van der Waals surface area contributed by atoms with Crippen LogP contribution >= 0.6 is 0 Å². The molecule has 3 fully saturated rings. The Hall–Kier alpha value is -0.860. The van der Waals surface area contributed by atoms with E-state index >= 15 is 0 Å². The van der Waals surface area contributed by atoms with E-state index < -0.39 is 0 Å². The lowest BCUT2D eigenvalue weighted by atomic mass is 9.79. The highest BCUT2D eigenvalue weighted by Crippen LogP contribution is 2.58. The van der Waals surface area contributed by atoms with Crippen molar-refractivity contribution in [2.45, 2.75) is 51.3 Å². The molecule has 0 amide bonds. The van der Waals surface area contributed by atoms with Gasteiger partial charge in [-0.25, -0.2) is 0 Å². The highest BCUT2D eigenvalue weighted by atomic mass is 16.3. The average molecular weight is 271 g/mol. The number of fused-ring (bicyclic) bond motifs is 5. The number of benzene rings is 1. The van der Waals surface area contributed by atoms with Gasteiger partial charge in [0, 0.05) is 12.6 Å². The summed E-state index contributed by atoms with van der Waals surface area (Å²) in [6, 6.07) is 9.08. The molecule has 0 aromatic heterocycles. The second-order valence-corrected chi connectivity index (χ2v) is 7.12. The lowest BCUT2D eigenvalue weighted by molar-refractivity contribution is 0.208. The van der Waals surface area contributed by atoms with E-state index in [2.05, 4.69) is 23.5 Å². The molecule has 20 heavy (non-hydrogen) atoms. The summed E-state index contributed by atoms with van der Waals surface area (Å²) in [5.41, 5.74) is 2.33. The van der Waals surface area contributed by atoms with Gasteiger partial charge >= 0.3 is 0 Å². The molecule has 0 heterocycles. The van der Waals surface area contributed by atoms with Gasteiger partial charge in [0.15, 0.2) is 0 Å². The van der Waals surface area contributed by atoms with Crippen LogP contribution in [0.2, 0.25) is 0 Å². The highest BCUT2D eigenvalue weighted by molar-refractivity contribution is 5.23. The third-order valence-corrected chi connectivity index (χ3v) is 6.17. The van der Waals surface area contributed by atoms with E-state index in [1.807, 2.05) is 6.07 Å². The van der Waals surface area contributed by atoms with Gasteiger partial charge in [0.2, 0.25) is 0 Å². The highest BCUT2D eigenvalue weighted by Gasteiger charge is 2.53. The van der Waals surface area contributed by atoms with E-state index in [1.165, 1.54) is 37.7 Å². The maximum absolute atomic E-state index is 9.21. The fourth-order valence-corrected chi connectivity index (χ4v) is 5.39. The number of hydrogen-bond acceptors (Lipinski definition) is 2. The first-order valence-electron chi connectivity index (χ1n) is 8.27. The van der Waals surface area contributed by atoms with Gasteiger partial charge in [-0.1, -0.05) is 30.7 Å². The van der Waals surface area contributed by atoms with Crippen LogP contribution < -0.4 is 5.32 Å².